The molecule has 0 fully saturated rings. The SMILES string of the molecule is CCc1cc(N(C)Cc2cccnc2)ncn1. The van der Waals surface area contributed by atoms with E-state index in [4.69, 9.17) is 0 Å². The molecule has 0 aliphatic heterocycles. The average Bonchev–Trinajstić information content (AvgIpc) is 2.40. The molecule has 0 aromatic carbocycles. The number of rotatable bonds is 4. The van der Waals surface area contributed by atoms with Crippen LogP contribution in [0.15, 0.2) is 36.9 Å². The van der Waals surface area contributed by atoms with Crippen LogP contribution in [0.3, 0.4) is 0 Å². The molecule has 0 aliphatic carbocycles. The van der Waals surface area contributed by atoms with Crippen LogP contribution in [0.2, 0.25) is 0 Å². The minimum Gasteiger partial charge on any atom is -0.355 e. The third kappa shape index (κ3) is 3.00. The molecule has 0 N–H and O–H groups in total. The quantitative estimate of drug-likeness (QED) is 0.803. The van der Waals surface area contributed by atoms with Gasteiger partial charge < -0.3 is 4.90 Å². The van der Waals surface area contributed by atoms with Crippen molar-refractivity contribution in [2.75, 3.05) is 11.9 Å². The van der Waals surface area contributed by atoms with Gasteiger partial charge in [0, 0.05) is 37.7 Å². The molecule has 0 aliphatic rings. The molecule has 2 rings (SSSR count). The fourth-order valence-corrected chi connectivity index (χ4v) is 1.63. The van der Waals surface area contributed by atoms with Gasteiger partial charge in [0.2, 0.25) is 0 Å². The highest BCUT2D eigenvalue weighted by Crippen LogP contribution is 2.12. The molecule has 88 valence electrons. The number of pyridine rings is 1. The summed E-state index contributed by atoms with van der Waals surface area (Å²) in [4.78, 5) is 14.7. The van der Waals surface area contributed by atoms with E-state index in [1.807, 2.05) is 25.4 Å². The molecule has 17 heavy (non-hydrogen) atoms. The van der Waals surface area contributed by atoms with Crippen LogP contribution < -0.4 is 4.90 Å². The number of nitrogens with zero attached hydrogens (tertiary/aromatic N) is 4. The maximum atomic E-state index is 4.28. The van der Waals surface area contributed by atoms with E-state index in [1.54, 1.807) is 12.5 Å². The Balaban J connectivity index is 2.11. The molecule has 2 heterocycles. The van der Waals surface area contributed by atoms with Crippen molar-refractivity contribution in [1.29, 1.82) is 0 Å². The lowest BCUT2D eigenvalue weighted by molar-refractivity contribution is 0.873. The topological polar surface area (TPSA) is 41.9 Å². The molecule has 0 atom stereocenters. The van der Waals surface area contributed by atoms with Crippen LogP contribution in [-0.4, -0.2) is 22.0 Å². The van der Waals surface area contributed by atoms with Crippen molar-refractivity contribution in [3.8, 4) is 0 Å². The van der Waals surface area contributed by atoms with Gasteiger partial charge in [-0.3, -0.25) is 4.98 Å². The van der Waals surface area contributed by atoms with E-state index in [0.29, 0.717) is 0 Å². The van der Waals surface area contributed by atoms with Gasteiger partial charge >= 0.3 is 0 Å². The summed E-state index contributed by atoms with van der Waals surface area (Å²) in [5, 5.41) is 0. The van der Waals surface area contributed by atoms with E-state index in [0.717, 1.165) is 24.5 Å². The third-order valence-corrected chi connectivity index (χ3v) is 2.61. The smallest absolute Gasteiger partial charge is 0.132 e. The predicted molar refractivity (Wildman–Crippen MR) is 67.8 cm³/mol. The fourth-order valence-electron chi connectivity index (χ4n) is 1.63. The Morgan fingerprint density at radius 1 is 1.29 bits per heavy atom. The Kier molecular flexibility index (Phi) is 3.65. The summed E-state index contributed by atoms with van der Waals surface area (Å²) in [5.41, 5.74) is 2.24. The van der Waals surface area contributed by atoms with E-state index in [9.17, 15) is 0 Å². The van der Waals surface area contributed by atoms with Crippen LogP contribution in [0.5, 0.6) is 0 Å². The second-order valence-corrected chi connectivity index (χ2v) is 3.94. The van der Waals surface area contributed by atoms with Crippen molar-refractivity contribution in [2.24, 2.45) is 0 Å². The lowest BCUT2D eigenvalue weighted by Gasteiger charge is -2.18. The second-order valence-electron chi connectivity index (χ2n) is 3.94. The highest BCUT2D eigenvalue weighted by Gasteiger charge is 2.04. The van der Waals surface area contributed by atoms with Crippen LogP contribution in [0.4, 0.5) is 5.82 Å². The highest BCUT2D eigenvalue weighted by molar-refractivity contribution is 5.38. The molecule has 0 saturated carbocycles. The highest BCUT2D eigenvalue weighted by atomic mass is 15.2. The first-order valence-corrected chi connectivity index (χ1v) is 5.70. The van der Waals surface area contributed by atoms with Crippen LogP contribution in [-0.2, 0) is 13.0 Å². The first-order chi connectivity index (χ1) is 8.29. The van der Waals surface area contributed by atoms with Gasteiger partial charge in [-0.2, -0.15) is 0 Å². The van der Waals surface area contributed by atoms with Gasteiger partial charge in [0.15, 0.2) is 0 Å². The minimum absolute atomic E-state index is 0.800. The van der Waals surface area contributed by atoms with Crippen molar-refractivity contribution in [2.45, 2.75) is 19.9 Å². The summed E-state index contributed by atoms with van der Waals surface area (Å²) in [7, 11) is 2.02. The number of hydrogen-bond donors (Lipinski definition) is 0. The molecule has 0 unspecified atom stereocenters. The van der Waals surface area contributed by atoms with E-state index in [-0.39, 0.29) is 0 Å². The third-order valence-electron chi connectivity index (χ3n) is 2.61. The van der Waals surface area contributed by atoms with Gasteiger partial charge in [0.05, 0.1) is 0 Å². The minimum atomic E-state index is 0.800. The Labute approximate surface area is 101 Å². The number of aromatic nitrogens is 3. The molecule has 4 nitrogen and oxygen atoms in total. The summed E-state index contributed by atoms with van der Waals surface area (Å²) in [6, 6.07) is 6.03. The average molecular weight is 228 g/mol. The molecule has 2 aromatic rings. The zero-order chi connectivity index (χ0) is 12.1. The van der Waals surface area contributed by atoms with Crippen molar-refractivity contribution in [3.05, 3.63) is 48.2 Å². The van der Waals surface area contributed by atoms with Crippen LogP contribution >= 0.6 is 0 Å². The molecule has 0 amide bonds. The standard InChI is InChI=1S/C13H16N4/c1-3-12-7-13(16-10-15-12)17(2)9-11-5-4-6-14-8-11/h4-8,10H,3,9H2,1-2H3. The second kappa shape index (κ2) is 5.39. The Hall–Kier alpha value is -1.97. The van der Waals surface area contributed by atoms with Crippen molar-refractivity contribution >= 4 is 5.82 Å². The predicted octanol–water partition coefficient (Wildman–Crippen LogP) is 2.07. The van der Waals surface area contributed by atoms with E-state index < -0.39 is 0 Å². The van der Waals surface area contributed by atoms with Crippen LogP contribution in [0, 0.1) is 0 Å². The zero-order valence-corrected chi connectivity index (χ0v) is 10.2. The summed E-state index contributed by atoms with van der Waals surface area (Å²) in [5.74, 6) is 0.945. The molecular formula is C13H16N4. The van der Waals surface area contributed by atoms with Gasteiger partial charge in [-0.15, -0.1) is 0 Å². The number of anilines is 1. The van der Waals surface area contributed by atoms with E-state index >= 15 is 0 Å². The van der Waals surface area contributed by atoms with Crippen molar-refractivity contribution < 1.29 is 0 Å². The largest absolute Gasteiger partial charge is 0.355 e. The molecule has 2 aromatic heterocycles. The summed E-state index contributed by atoms with van der Waals surface area (Å²) >= 11 is 0. The fraction of sp³-hybridized carbons (Fsp3) is 0.308. The van der Waals surface area contributed by atoms with E-state index in [1.165, 1.54) is 5.56 Å². The van der Waals surface area contributed by atoms with Crippen molar-refractivity contribution in [1.82, 2.24) is 15.0 Å². The summed E-state index contributed by atoms with van der Waals surface area (Å²) in [6.07, 6.45) is 6.20. The van der Waals surface area contributed by atoms with Gasteiger partial charge in [-0.25, -0.2) is 9.97 Å². The van der Waals surface area contributed by atoms with Gasteiger partial charge in [-0.1, -0.05) is 13.0 Å². The Morgan fingerprint density at radius 3 is 2.88 bits per heavy atom. The lowest BCUT2D eigenvalue weighted by Crippen LogP contribution is -2.18. The van der Waals surface area contributed by atoms with Crippen molar-refractivity contribution in [3.63, 3.8) is 0 Å². The lowest BCUT2D eigenvalue weighted by atomic mass is 10.2. The van der Waals surface area contributed by atoms with Crippen LogP contribution in [0.25, 0.3) is 0 Å². The van der Waals surface area contributed by atoms with Crippen LogP contribution in [0.1, 0.15) is 18.2 Å². The molecule has 0 spiro atoms. The molecule has 0 saturated heterocycles. The number of aryl methyl sites for hydroxylation is 1. The summed E-state index contributed by atoms with van der Waals surface area (Å²) < 4.78 is 0. The first kappa shape index (κ1) is 11.5. The zero-order valence-electron chi connectivity index (χ0n) is 10.2. The first-order valence-electron chi connectivity index (χ1n) is 5.70. The normalized spacial score (nSPS) is 10.2. The molecule has 0 bridgehead atoms. The van der Waals surface area contributed by atoms with Gasteiger partial charge in [-0.05, 0) is 18.1 Å². The monoisotopic (exact) mass is 228 g/mol. The Morgan fingerprint density at radius 2 is 2.18 bits per heavy atom. The maximum absolute atomic E-state index is 4.28. The number of hydrogen-bond acceptors (Lipinski definition) is 4. The molecular weight excluding hydrogens is 212 g/mol. The van der Waals surface area contributed by atoms with E-state index in [2.05, 4.69) is 32.8 Å². The van der Waals surface area contributed by atoms with Gasteiger partial charge in [0.25, 0.3) is 0 Å². The molecule has 0 radical (unpaired) electrons. The maximum Gasteiger partial charge on any atom is 0.132 e. The summed E-state index contributed by atoms with van der Waals surface area (Å²) in [6.45, 7) is 2.89. The van der Waals surface area contributed by atoms with Gasteiger partial charge in [0.1, 0.15) is 12.1 Å². The molecule has 4 heteroatoms. The Bertz CT molecular complexity index is 470.